The summed E-state index contributed by atoms with van der Waals surface area (Å²) < 4.78 is 0. The van der Waals surface area contributed by atoms with Gasteiger partial charge >= 0.3 is 0 Å². The number of aliphatic imine (C=N–C) groups is 1. The lowest BCUT2D eigenvalue weighted by Gasteiger charge is -2.28. The number of hydrogen-bond acceptors (Lipinski definition) is 5. The van der Waals surface area contributed by atoms with Crippen LogP contribution in [0.1, 0.15) is 66.1 Å². The summed E-state index contributed by atoms with van der Waals surface area (Å²) in [5, 5.41) is 2.94. The predicted molar refractivity (Wildman–Crippen MR) is 182 cm³/mol. The van der Waals surface area contributed by atoms with E-state index in [-0.39, 0.29) is 5.78 Å². The smallest absolute Gasteiger partial charge is 0.276 e. The molecule has 2 aliphatic rings. The molecule has 47 heavy (non-hydrogen) atoms. The zero-order chi connectivity index (χ0) is 32.9. The fourth-order valence-electron chi connectivity index (χ4n) is 6.35. The normalized spacial score (nSPS) is 17.1. The molecule has 4 aromatic carbocycles. The average molecular weight is 627 g/mol. The molecule has 8 nitrogen and oxygen atoms in total. The number of anilines is 2. The van der Waals surface area contributed by atoms with Gasteiger partial charge in [0.05, 0.1) is 11.4 Å². The Kier molecular flexibility index (Phi) is 9.38. The molecule has 1 unspecified atom stereocenters. The average Bonchev–Trinajstić information content (AvgIpc) is 3.94. The maximum absolute atomic E-state index is 14.7. The molecule has 8 heteroatoms. The SMILES string of the molecule is CCC[C@H](C(N)=O)[C@@H](CC1CC1)C(=O)NC1N=C(c2ccccc2)c2ccccc2N(c2cccc(C(=O)c3ccccc3)c2)C1=O. The van der Waals surface area contributed by atoms with Crippen LogP contribution >= 0.6 is 0 Å². The van der Waals surface area contributed by atoms with E-state index in [1.807, 2.05) is 67.6 Å². The highest BCUT2D eigenvalue weighted by Crippen LogP contribution is 2.39. The first kappa shape index (κ1) is 31.6. The second-order valence-electron chi connectivity index (χ2n) is 12.3. The molecule has 0 bridgehead atoms. The van der Waals surface area contributed by atoms with Gasteiger partial charge < -0.3 is 11.1 Å². The van der Waals surface area contributed by atoms with Gasteiger partial charge in [0.25, 0.3) is 5.91 Å². The topological polar surface area (TPSA) is 122 Å². The monoisotopic (exact) mass is 626 g/mol. The molecule has 0 radical (unpaired) electrons. The Morgan fingerprint density at radius 3 is 2.19 bits per heavy atom. The highest BCUT2D eigenvalue weighted by Gasteiger charge is 2.40. The Balaban J connectivity index is 1.44. The lowest BCUT2D eigenvalue weighted by molar-refractivity contribution is -0.135. The Labute approximate surface area is 274 Å². The van der Waals surface area contributed by atoms with Crippen molar-refractivity contribution in [1.82, 2.24) is 5.32 Å². The van der Waals surface area contributed by atoms with E-state index in [9.17, 15) is 19.2 Å². The lowest BCUT2D eigenvalue weighted by atomic mass is 9.83. The fourth-order valence-corrected chi connectivity index (χ4v) is 6.35. The van der Waals surface area contributed by atoms with Crippen molar-refractivity contribution in [3.05, 3.63) is 131 Å². The largest absolute Gasteiger partial charge is 0.369 e. The summed E-state index contributed by atoms with van der Waals surface area (Å²) in [6, 6.07) is 32.8. The molecule has 1 saturated carbocycles. The van der Waals surface area contributed by atoms with Gasteiger partial charge in [-0.05, 0) is 37.0 Å². The van der Waals surface area contributed by atoms with Crippen LogP contribution in [0.5, 0.6) is 0 Å². The number of benzodiazepines with no additional fused rings is 1. The summed E-state index contributed by atoms with van der Waals surface area (Å²) >= 11 is 0. The Bertz CT molecular complexity index is 1820. The molecule has 1 aliphatic heterocycles. The third kappa shape index (κ3) is 6.92. The van der Waals surface area contributed by atoms with Crippen molar-refractivity contribution in [3.8, 4) is 0 Å². The van der Waals surface area contributed by atoms with E-state index in [1.165, 1.54) is 4.90 Å². The number of carbonyl (C=O) groups excluding carboxylic acids is 4. The number of fused-ring (bicyclic) bond motifs is 1. The number of hydrogen-bond donors (Lipinski definition) is 2. The highest BCUT2D eigenvalue weighted by atomic mass is 16.2. The van der Waals surface area contributed by atoms with E-state index in [0.717, 1.165) is 18.4 Å². The molecule has 3 atom stereocenters. The minimum Gasteiger partial charge on any atom is -0.369 e. The fraction of sp³-hybridized carbons (Fsp3) is 0.256. The van der Waals surface area contributed by atoms with E-state index in [2.05, 4.69) is 5.32 Å². The number of rotatable bonds is 12. The van der Waals surface area contributed by atoms with Gasteiger partial charge in [0, 0.05) is 39.8 Å². The van der Waals surface area contributed by atoms with Gasteiger partial charge in [-0.25, -0.2) is 4.99 Å². The predicted octanol–water partition coefficient (Wildman–Crippen LogP) is 6.19. The highest BCUT2D eigenvalue weighted by molar-refractivity contribution is 6.22. The maximum Gasteiger partial charge on any atom is 0.276 e. The summed E-state index contributed by atoms with van der Waals surface area (Å²) in [5.74, 6) is -2.56. The van der Waals surface area contributed by atoms with Crippen LogP contribution in [-0.2, 0) is 14.4 Å². The number of nitrogens with one attached hydrogen (secondary N) is 1. The lowest BCUT2D eigenvalue weighted by Crippen LogP contribution is -2.50. The van der Waals surface area contributed by atoms with E-state index in [4.69, 9.17) is 10.7 Å². The zero-order valence-electron chi connectivity index (χ0n) is 26.3. The van der Waals surface area contributed by atoms with Gasteiger partial charge in [-0.3, -0.25) is 24.1 Å². The second kappa shape index (κ2) is 14.0. The quantitative estimate of drug-likeness (QED) is 0.182. The van der Waals surface area contributed by atoms with Crippen LogP contribution in [0.4, 0.5) is 11.4 Å². The van der Waals surface area contributed by atoms with Crippen molar-refractivity contribution in [3.63, 3.8) is 0 Å². The van der Waals surface area contributed by atoms with Gasteiger partial charge in [-0.1, -0.05) is 117 Å². The van der Waals surface area contributed by atoms with Crippen LogP contribution in [0.25, 0.3) is 0 Å². The molecule has 238 valence electrons. The summed E-state index contributed by atoms with van der Waals surface area (Å²) in [4.78, 5) is 61.3. The molecule has 1 heterocycles. The Hall–Kier alpha value is -5.37. The first-order valence-electron chi connectivity index (χ1n) is 16.2. The van der Waals surface area contributed by atoms with Crippen molar-refractivity contribution >= 4 is 40.6 Å². The van der Waals surface area contributed by atoms with E-state index in [0.29, 0.717) is 59.0 Å². The zero-order valence-corrected chi connectivity index (χ0v) is 26.3. The number of nitrogens with two attached hydrogens (primary N) is 1. The molecular weight excluding hydrogens is 588 g/mol. The van der Waals surface area contributed by atoms with Gasteiger partial charge in [-0.2, -0.15) is 0 Å². The van der Waals surface area contributed by atoms with Crippen LogP contribution < -0.4 is 16.0 Å². The molecule has 0 saturated heterocycles. The van der Waals surface area contributed by atoms with Crippen LogP contribution in [0.3, 0.4) is 0 Å². The number of amides is 3. The number of nitrogens with zero attached hydrogens (tertiary/aromatic N) is 2. The third-order valence-corrected chi connectivity index (χ3v) is 8.91. The van der Waals surface area contributed by atoms with Gasteiger partial charge in [-0.15, -0.1) is 0 Å². The summed E-state index contributed by atoms with van der Waals surface area (Å²) in [6.07, 6.45) is 2.40. The van der Waals surface area contributed by atoms with Crippen LogP contribution in [0.15, 0.2) is 114 Å². The van der Waals surface area contributed by atoms with Gasteiger partial charge in [0.1, 0.15) is 0 Å². The molecule has 0 spiro atoms. The number of primary amides is 1. The molecule has 1 aliphatic carbocycles. The standard InChI is InChI=1S/C39H38N4O4/c1-2-12-30(36(40)45)32(23-25-21-22-25)38(46)42-37-39(47)43(29-18-11-17-28(24-29)35(44)27-15-7-4-8-16-27)33-20-10-9-19-31(33)34(41-37)26-13-5-3-6-14-26/h3-11,13-20,24-25,30,32,37H,2,12,21-23H2,1H3,(H2,40,45)(H,42,46)/t30-,32+,37?/m0/s1. The number of ketones is 1. The molecular formula is C39H38N4O4. The molecule has 0 aromatic heterocycles. The van der Waals surface area contributed by atoms with Crippen molar-refractivity contribution in [2.45, 2.75) is 45.2 Å². The number of carbonyl (C=O) groups is 4. The van der Waals surface area contributed by atoms with Crippen molar-refractivity contribution in [2.24, 2.45) is 28.5 Å². The van der Waals surface area contributed by atoms with Crippen LogP contribution in [0.2, 0.25) is 0 Å². The van der Waals surface area contributed by atoms with Crippen LogP contribution in [-0.4, -0.2) is 35.4 Å². The molecule has 6 rings (SSSR count). The van der Waals surface area contributed by atoms with E-state index < -0.39 is 35.7 Å². The minimum atomic E-state index is -1.31. The molecule has 1 fully saturated rings. The minimum absolute atomic E-state index is 0.176. The summed E-state index contributed by atoms with van der Waals surface area (Å²) in [5.41, 5.74) is 9.81. The summed E-state index contributed by atoms with van der Waals surface area (Å²) in [6.45, 7) is 1.96. The Morgan fingerprint density at radius 2 is 1.51 bits per heavy atom. The third-order valence-electron chi connectivity index (χ3n) is 8.91. The molecule has 3 N–H and O–H groups in total. The van der Waals surface area contributed by atoms with Crippen molar-refractivity contribution in [1.29, 1.82) is 0 Å². The van der Waals surface area contributed by atoms with Crippen LogP contribution in [0, 0.1) is 17.8 Å². The first-order chi connectivity index (χ1) is 22.9. The number of para-hydroxylation sites is 1. The second-order valence-corrected chi connectivity index (χ2v) is 12.3. The molecule has 4 aromatic rings. The van der Waals surface area contributed by atoms with Crippen molar-refractivity contribution in [2.75, 3.05) is 4.90 Å². The van der Waals surface area contributed by atoms with Gasteiger partial charge in [0.2, 0.25) is 18.0 Å². The van der Waals surface area contributed by atoms with Gasteiger partial charge in [0.15, 0.2) is 5.78 Å². The molecule has 3 amide bonds. The summed E-state index contributed by atoms with van der Waals surface area (Å²) in [7, 11) is 0. The van der Waals surface area contributed by atoms with E-state index >= 15 is 0 Å². The van der Waals surface area contributed by atoms with E-state index in [1.54, 1.807) is 48.5 Å². The first-order valence-corrected chi connectivity index (χ1v) is 16.2. The van der Waals surface area contributed by atoms with Crippen molar-refractivity contribution < 1.29 is 19.2 Å². The number of benzene rings is 4. The maximum atomic E-state index is 14.7. The Morgan fingerprint density at radius 1 is 0.851 bits per heavy atom.